The van der Waals surface area contributed by atoms with Crippen molar-refractivity contribution in [1.82, 2.24) is 4.57 Å². The molecule has 0 amide bonds. The number of hydrogen-bond acceptors (Lipinski definition) is 8. The van der Waals surface area contributed by atoms with Crippen molar-refractivity contribution >= 4 is 72.8 Å². The lowest BCUT2D eigenvalue weighted by Crippen LogP contribution is -2.40. The minimum absolute atomic E-state index is 0.172. The van der Waals surface area contributed by atoms with Gasteiger partial charge in [0.05, 0.1) is 39.1 Å². The molecule has 0 aliphatic carbocycles. The molecular weight excluding hydrogens is 748 g/mol. The number of thiazole rings is 1. The van der Waals surface area contributed by atoms with Crippen LogP contribution in [0.5, 0.6) is 5.75 Å². The number of ether oxygens (including phenoxy) is 3. The molecule has 2 heterocycles. The summed E-state index contributed by atoms with van der Waals surface area (Å²) in [7, 11) is 0. The Bertz CT molecular complexity index is 2000. The molecule has 1 atom stereocenters. The number of aromatic nitrogens is 1. The Morgan fingerprint density at radius 2 is 1.71 bits per heavy atom. The van der Waals surface area contributed by atoms with E-state index in [1.165, 1.54) is 15.9 Å². The maximum atomic E-state index is 14.1. The summed E-state index contributed by atoms with van der Waals surface area (Å²) in [4.78, 5) is 44.3. The number of halogens is 3. The van der Waals surface area contributed by atoms with Crippen molar-refractivity contribution in [3.63, 3.8) is 0 Å². The van der Waals surface area contributed by atoms with Crippen LogP contribution < -0.4 is 19.6 Å². The third-order valence-corrected chi connectivity index (χ3v) is 9.26. The summed E-state index contributed by atoms with van der Waals surface area (Å²) in [5.74, 6) is -0.421. The minimum Gasteiger partial charge on any atom is -0.487 e. The smallest absolute Gasteiger partial charge is 0.338 e. The van der Waals surface area contributed by atoms with Gasteiger partial charge in [0.2, 0.25) is 0 Å². The van der Waals surface area contributed by atoms with Gasteiger partial charge in [-0.3, -0.25) is 9.36 Å². The predicted molar refractivity (Wildman–Crippen MR) is 180 cm³/mol. The molecule has 12 heteroatoms. The second-order valence-corrected chi connectivity index (χ2v) is 13.0. The van der Waals surface area contributed by atoms with E-state index < -0.39 is 12.0 Å². The fourth-order valence-corrected chi connectivity index (χ4v) is 7.52. The fourth-order valence-electron chi connectivity index (χ4n) is 4.87. The molecule has 0 N–H and O–H groups in total. The number of esters is 2. The molecule has 0 saturated carbocycles. The first-order chi connectivity index (χ1) is 21.6. The van der Waals surface area contributed by atoms with E-state index in [0.29, 0.717) is 53.6 Å². The number of carbonyl (C=O) groups excluding carboxylic acids is 2. The molecule has 0 spiro atoms. The number of hydrogen-bond donors (Lipinski definition) is 0. The van der Waals surface area contributed by atoms with E-state index in [1.807, 2.05) is 18.2 Å². The lowest BCUT2D eigenvalue weighted by molar-refractivity contribution is -0.139. The van der Waals surface area contributed by atoms with Gasteiger partial charge >= 0.3 is 11.9 Å². The van der Waals surface area contributed by atoms with Crippen molar-refractivity contribution in [2.24, 2.45) is 4.99 Å². The van der Waals surface area contributed by atoms with E-state index >= 15 is 0 Å². The molecule has 45 heavy (non-hydrogen) atoms. The van der Waals surface area contributed by atoms with Gasteiger partial charge in [-0.1, -0.05) is 69.2 Å². The average Bonchev–Trinajstić information content (AvgIpc) is 3.30. The molecule has 1 aliphatic heterocycles. The third-order valence-electron chi connectivity index (χ3n) is 6.89. The van der Waals surface area contributed by atoms with Crippen molar-refractivity contribution in [3.05, 3.63) is 128 Å². The second-order valence-electron chi connectivity index (χ2n) is 9.84. The Morgan fingerprint density at radius 1 is 1.02 bits per heavy atom. The highest BCUT2D eigenvalue weighted by atomic mass is 79.9. The maximum Gasteiger partial charge on any atom is 0.338 e. The summed E-state index contributed by atoms with van der Waals surface area (Å²) in [6.45, 7) is 5.89. The SMILES string of the molecule is CCOC(=O)C1=C(C)N=c2s/c(=C\c3cc(Br)cc(Br)c3OCc3ccc(C(=O)OCC)cc3)c(=O)n2[C@H]1c1ccccc1Cl. The van der Waals surface area contributed by atoms with Crippen molar-refractivity contribution in [1.29, 1.82) is 0 Å². The zero-order chi connectivity index (χ0) is 32.2. The first kappa shape index (κ1) is 32.9. The number of allylic oxidation sites excluding steroid dienone is 1. The van der Waals surface area contributed by atoms with E-state index in [4.69, 9.17) is 25.8 Å². The monoisotopic (exact) mass is 772 g/mol. The highest BCUT2D eigenvalue weighted by Gasteiger charge is 2.34. The van der Waals surface area contributed by atoms with Crippen molar-refractivity contribution < 1.29 is 23.8 Å². The highest BCUT2D eigenvalue weighted by molar-refractivity contribution is 9.11. The molecule has 0 bridgehead atoms. The Morgan fingerprint density at radius 3 is 2.40 bits per heavy atom. The van der Waals surface area contributed by atoms with Crippen LogP contribution in [0.15, 0.2) is 90.7 Å². The number of nitrogens with zero attached hydrogens (tertiary/aromatic N) is 2. The van der Waals surface area contributed by atoms with Crippen LogP contribution in [0.1, 0.15) is 53.9 Å². The standard InChI is InChI=1S/C33H27Br2ClN2O6S/c1-4-42-31(40)20-12-10-19(11-13-20)17-44-29-21(14-22(34)16-24(29)35)15-26-30(39)38-28(23-8-6-7-9-25(23)36)27(32(41)43-5-2)18(3)37-33(38)45-26/h6-16,28H,4-5,17H2,1-3H3/b26-15-/t28-/m0/s1. The number of carbonyl (C=O) groups is 2. The quantitative estimate of drug-likeness (QED) is 0.175. The van der Waals surface area contributed by atoms with Gasteiger partial charge in [-0.25, -0.2) is 14.6 Å². The zero-order valence-electron chi connectivity index (χ0n) is 24.4. The van der Waals surface area contributed by atoms with E-state index in [0.717, 1.165) is 10.0 Å². The van der Waals surface area contributed by atoms with Crippen LogP contribution in [0.3, 0.4) is 0 Å². The Balaban J connectivity index is 1.57. The number of rotatable bonds is 9. The minimum atomic E-state index is -0.821. The normalized spacial score (nSPS) is 14.5. The van der Waals surface area contributed by atoms with Crippen LogP contribution in [0.4, 0.5) is 0 Å². The molecule has 0 saturated heterocycles. The van der Waals surface area contributed by atoms with Gasteiger partial charge in [0, 0.05) is 15.1 Å². The molecule has 3 aromatic carbocycles. The maximum absolute atomic E-state index is 14.1. The van der Waals surface area contributed by atoms with Crippen molar-refractivity contribution in [3.8, 4) is 5.75 Å². The Hall–Kier alpha value is -3.51. The molecule has 5 rings (SSSR count). The van der Waals surface area contributed by atoms with Crippen molar-refractivity contribution in [2.45, 2.75) is 33.4 Å². The van der Waals surface area contributed by atoms with Crippen LogP contribution in [0.25, 0.3) is 6.08 Å². The van der Waals surface area contributed by atoms with Crippen LogP contribution in [0.2, 0.25) is 5.02 Å². The summed E-state index contributed by atoms with van der Waals surface area (Å²) in [6, 6.07) is 17.0. The van der Waals surface area contributed by atoms with Crippen LogP contribution in [-0.4, -0.2) is 29.7 Å². The van der Waals surface area contributed by atoms with Crippen molar-refractivity contribution in [2.75, 3.05) is 13.2 Å². The van der Waals surface area contributed by atoms with Gasteiger partial charge in [0.15, 0.2) is 4.80 Å². The lowest BCUT2D eigenvalue weighted by Gasteiger charge is -2.25. The summed E-state index contributed by atoms with van der Waals surface area (Å²) < 4.78 is 20.0. The molecule has 1 aromatic heterocycles. The van der Waals surface area contributed by atoms with E-state index in [9.17, 15) is 14.4 Å². The summed E-state index contributed by atoms with van der Waals surface area (Å²) in [5, 5.41) is 0.412. The highest BCUT2D eigenvalue weighted by Crippen LogP contribution is 2.36. The molecule has 4 aromatic rings. The van der Waals surface area contributed by atoms with E-state index in [2.05, 4.69) is 36.9 Å². The van der Waals surface area contributed by atoms with Crippen LogP contribution in [-0.2, 0) is 20.9 Å². The Labute approximate surface area is 284 Å². The topological polar surface area (TPSA) is 96.2 Å². The predicted octanol–water partition coefficient (Wildman–Crippen LogP) is 6.73. The largest absolute Gasteiger partial charge is 0.487 e. The van der Waals surface area contributed by atoms with E-state index in [-0.39, 0.29) is 30.3 Å². The third kappa shape index (κ3) is 7.01. The summed E-state index contributed by atoms with van der Waals surface area (Å²) in [6.07, 6.45) is 1.74. The number of benzene rings is 3. The fraction of sp³-hybridized carbons (Fsp3) is 0.212. The van der Waals surface area contributed by atoms with E-state index in [1.54, 1.807) is 69.3 Å². The van der Waals surface area contributed by atoms with Gasteiger partial charge in [-0.15, -0.1) is 0 Å². The molecule has 0 radical (unpaired) electrons. The van der Waals surface area contributed by atoms with Gasteiger partial charge in [0.25, 0.3) is 5.56 Å². The summed E-state index contributed by atoms with van der Waals surface area (Å²) >= 11 is 15.0. The van der Waals surface area contributed by atoms with Crippen LogP contribution >= 0.6 is 54.8 Å². The first-order valence-corrected chi connectivity index (χ1v) is 16.7. The zero-order valence-corrected chi connectivity index (χ0v) is 29.2. The second kappa shape index (κ2) is 14.3. The van der Waals surface area contributed by atoms with Gasteiger partial charge in [0.1, 0.15) is 18.4 Å². The van der Waals surface area contributed by atoms with Gasteiger partial charge < -0.3 is 14.2 Å². The molecule has 8 nitrogen and oxygen atoms in total. The van der Waals surface area contributed by atoms with Gasteiger partial charge in [-0.2, -0.15) is 0 Å². The molecular formula is C33H27Br2ClN2O6S. The van der Waals surface area contributed by atoms with Crippen LogP contribution in [0, 0.1) is 0 Å². The molecule has 232 valence electrons. The molecule has 0 fully saturated rings. The van der Waals surface area contributed by atoms with Gasteiger partial charge in [-0.05, 0) is 84.2 Å². The first-order valence-electron chi connectivity index (χ1n) is 13.9. The molecule has 0 unspecified atom stereocenters. The number of fused-ring (bicyclic) bond motifs is 1. The Kier molecular flexibility index (Phi) is 10.4. The molecule has 1 aliphatic rings. The lowest BCUT2D eigenvalue weighted by atomic mass is 9.96. The average molecular weight is 775 g/mol. The summed E-state index contributed by atoms with van der Waals surface area (Å²) in [5.41, 5.74) is 2.89.